The minimum Gasteiger partial charge on any atom is -0.372 e. The molecule has 1 heterocycles. The third-order valence-electron chi connectivity index (χ3n) is 3.47. The van der Waals surface area contributed by atoms with Gasteiger partial charge in [-0.05, 0) is 31.6 Å². The highest BCUT2D eigenvalue weighted by atomic mass is 16.1. The van der Waals surface area contributed by atoms with Crippen molar-refractivity contribution in [2.75, 3.05) is 12.4 Å². The molecule has 2 rings (SSSR count). The Morgan fingerprint density at radius 2 is 2.00 bits per heavy atom. The van der Waals surface area contributed by atoms with Crippen LogP contribution in [0.25, 0.3) is 0 Å². The third kappa shape index (κ3) is 3.18. The Labute approximate surface area is 107 Å². The molecule has 18 heavy (non-hydrogen) atoms. The summed E-state index contributed by atoms with van der Waals surface area (Å²) < 4.78 is 0. The highest BCUT2D eigenvalue weighted by Gasteiger charge is 2.20. The predicted octanol–water partition coefficient (Wildman–Crippen LogP) is 1.83. The number of nitrogens with one attached hydrogen (secondary N) is 2. The lowest BCUT2D eigenvalue weighted by molar-refractivity contribution is 0.0917. The average Bonchev–Trinajstić information content (AvgIpc) is 2.41. The number of nitrogens with zero attached hydrogens (tertiary/aromatic N) is 2. The number of anilines is 1. The number of hydrogen-bond acceptors (Lipinski definition) is 4. The summed E-state index contributed by atoms with van der Waals surface area (Å²) in [5.74, 6) is 1.27. The molecule has 5 nitrogen and oxygen atoms in total. The SMILES string of the molecule is CNc1cncc(C(=O)NC2CCC(C)CC2)n1. The summed E-state index contributed by atoms with van der Waals surface area (Å²) in [4.78, 5) is 20.2. The van der Waals surface area contributed by atoms with Crippen LogP contribution in [0.5, 0.6) is 0 Å². The molecule has 0 bridgehead atoms. The molecule has 0 aromatic carbocycles. The van der Waals surface area contributed by atoms with Gasteiger partial charge in [-0.15, -0.1) is 0 Å². The maximum Gasteiger partial charge on any atom is 0.271 e. The van der Waals surface area contributed by atoms with Crippen molar-refractivity contribution >= 4 is 11.7 Å². The monoisotopic (exact) mass is 248 g/mol. The second-order valence-corrected chi connectivity index (χ2v) is 4.97. The van der Waals surface area contributed by atoms with E-state index in [-0.39, 0.29) is 11.9 Å². The molecule has 1 saturated carbocycles. The Balaban J connectivity index is 1.94. The first-order valence-corrected chi connectivity index (χ1v) is 6.49. The highest BCUT2D eigenvalue weighted by Crippen LogP contribution is 2.23. The first-order chi connectivity index (χ1) is 8.69. The number of aromatic nitrogens is 2. The number of amides is 1. The summed E-state index contributed by atoms with van der Waals surface area (Å²) in [6.07, 6.45) is 7.60. The predicted molar refractivity (Wildman–Crippen MR) is 70.5 cm³/mol. The van der Waals surface area contributed by atoms with Gasteiger partial charge in [-0.3, -0.25) is 9.78 Å². The van der Waals surface area contributed by atoms with Gasteiger partial charge in [-0.2, -0.15) is 0 Å². The van der Waals surface area contributed by atoms with Crippen molar-refractivity contribution in [3.8, 4) is 0 Å². The van der Waals surface area contributed by atoms with Gasteiger partial charge in [0, 0.05) is 13.1 Å². The van der Waals surface area contributed by atoms with Crippen molar-refractivity contribution in [2.24, 2.45) is 5.92 Å². The number of carbonyl (C=O) groups excluding carboxylic acids is 1. The molecule has 1 aliphatic rings. The second-order valence-electron chi connectivity index (χ2n) is 4.97. The summed E-state index contributed by atoms with van der Waals surface area (Å²) in [5, 5.41) is 5.92. The lowest BCUT2D eigenvalue weighted by atomic mass is 9.87. The average molecular weight is 248 g/mol. The van der Waals surface area contributed by atoms with Gasteiger partial charge in [0.05, 0.1) is 12.4 Å². The van der Waals surface area contributed by atoms with Crippen LogP contribution in [0.15, 0.2) is 12.4 Å². The molecule has 1 aliphatic carbocycles. The van der Waals surface area contributed by atoms with Gasteiger partial charge < -0.3 is 10.6 Å². The Morgan fingerprint density at radius 3 is 2.67 bits per heavy atom. The molecular formula is C13H20N4O. The van der Waals surface area contributed by atoms with Crippen LogP contribution in [-0.2, 0) is 0 Å². The van der Waals surface area contributed by atoms with Crippen molar-refractivity contribution in [3.05, 3.63) is 18.1 Å². The van der Waals surface area contributed by atoms with Crippen LogP contribution < -0.4 is 10.6 Å². The minimum absolute atomic E-state index is 0.126. The largest absolute Gasteiger partial charge is 0.372 e. The molecule has 1 aromatic rings. The van der Waals surface area contributed by atoms with Crippen molar-refractivity contribution in [2.45, 2.75) is 38.6 Å². The smallest absolute Gasteiger partial charge is 0.271 e. The third-order valence-corrected chi connectivity index (χ3v) is 3.47. The normalized spacial score (nSPS) is 23.4. The zero-order valence-electron chi connectivity index (χ0n) is 10.9. The van der Waals surface area contributed by atoms with E-state index in [9.17, 15) is 4.79 Å². The highest BCUT2D eigenvalue weighted by molar-refractivity contribution is 5.92. The van der Waals surface area contributed by atoms with Crippen LogP contribution in [0.4, 0.5) is 5.82 Å². The Morgan fingerprint density at radius 1 is 1.28 bits per heavy atom. The molecular weight excluding hydrogens is 228 g/mol. The van der Waals surface area contributed by atoms with E-state index in [1.807, 2.05) is 0 Å². The Bertz CT molecular complexity index is 413. The molecule has 0 saturated heterocycles. The molecule has 1 fully saturated rings. The minimum atomic E-state index is -0.126. The van der Waals surface area contributed by atoms with Crippen molar-refractivity contribution in [1.29, 1.82) is 0 Å². The van der Waals surface area contributed by atoms with E-state index < -0.39 is 0 Å². The zero-order chi connectivity index (χ0) is 13.0. The van der Waals surface area contributed by atoms with Crippen LogP contribution in [0.1, 0.15) is 43.1 Å². The molecule has 0 aliphatic heterocycles. The molecule has 5 heteroatoms. The van der Waals surface area contributed by atoms with Crippen LogP contribution in [0.2, 0.25) is 0 Å². The summed E-state index contributed by atoms with van der Waals surface area (Å²) >= 11 is 0. The molecule has 1 aromatic heterocycles. The van der Waals surface area contributed by atoms with Crippen molar-refractivity contribution in [3.63, 3.8) is 0 Å². The topological polar surface area (TPSA) is 66.9 Å². The summed E-state index contributed by atoms with van der Waals surface area (Å²) in [6.45, 7) is 2.26. The van der Waals surface area contributed by atoms with Crippen LogP contribution in [0.3, 0.4) is 0 Å². The fraction of sp³-hybridized carbons (Fsp3) is 0.615. The fourth-order valence-electron chi connectivity index (χ4n) is 2.26. The quantitative estimate of drug-likeness (QED) is 0.856. The molecule has 0 spiro atoms. The van der Waals surface area contributed by atoms with E-state index in [0.717, 1.165) is 18.8 Å². The standard InChI is InChI=1S/C13H20N4O/c1-9-3-5-10(6-4-9)16-13(18)11-7-15-8-12(14-2)17-11/h7-10H,3-6H2,1-2H3,(H,14,17)(H,16,18). The Hall–Kier alpha value is -1.65. The van der Waals surface area contributed by atoms with Crippen LogP contribution in [0, 0.1) is 5.92 Å². The van der Waals surface area contributed by atoms with E-state index >= 15 is 0 Å². The molecule has 0 radical (unpaired) electrons. The first-order valence-electron chi connectivity index (χ1n) is 6.49. The second kappa shape index (κ2) is 5.80. The van der Waals surface area contributed by atoms with Gasteiger partial charge in [0.1, 0.15) is 11.5 Å². The Kier molecular flexibility index (Phi) is 4.12. The summed E-state index contributed by atoms with van der Waals surface area (Å²) in [5.41, 5.74) is 0.375. The van der Waals surface area contributed by atoms with Gasteiger partial charge in [0.25, 0.3) is 5.91 Å². The molecule has 0 atom stereocenters. The van der Waals surface area contributed by atoms with E-state index in [1.165, 1.54) is 19.0 Å². The summed E-state index contributed by atoms with van der Waals surface area (Å²) in [7, 11) is 1.76. The van der Waals surface area contributed by atoms with Crippen molar-refractivity contribution < 1.29 is 4.79 Å². The van der Waals surface area contributed by atoms with E-state index in [4.69, 9.17) is 0 Å². The maximum atomic E-state index is 12.0. The van der Waals surface area contributed by atoms with Gasteiger partial charge in [-0.25, -0.2) is 4.98 Å². The lowest BCUT2D eigenvalue weighted by Gasteiger charge is -2.26. The van der Waals surface area contributed by atoms with Gasteiger partial charge >= 0.3 is 0 Å². The zero-order valence-corrected chi connectivity index (χ0v) is 10.9. The van der Waals surface area contributed by atoms with Crippen LogP contribution in [-0.4, -0.2) is 29.0 Å². The summed E-state index contributed by atoms with van der Waals surface area (Å²) in [6, 6.07) is 0.286. The number of hydrogen-bond donors (Lipinski definition) is 2. The van der Waals surface area contributed by atoms with Crippen molar-refractivity contribution in [1.82, 2.24) is 15.3 Å². The van der Waals surface area contributed by atoms with Gasteiger partial charge in [0.2, 0.25) is 0 Å². The fourth-order valence-corrected chi connectivity index (χ4v) is 2.26. The van der Waals surface area contributed by atoms with E-state index in [1.54, 1.807) is 13.2 Å². The molecule has 0 unspecified atom stereocenters. The molecule has 2 N–H and O–H groups in total. The van der Waals surface area contributed by atoms with E-state index in [2.05, 4.69) is 27.5 Å². The van der Waals surface area contributed by atoms with Crippen LogP contribution >= 0.6 is 0 Å². The molecule has 1 amide bonds. The van der Waals surface area contributed by atoms with Gasteiger partial charge in [-0.1, -0.05) is 6.92 Å². The molecule has 98 valence electrons. The maximum absolute atomic E-state index is 12.0. The number of carbonyl (C=O) groups is 1. The lowest BCUT2D eigenvalue weighted by Crippen LogP contribution is -2.37. The van der Waals surface area contributed by atoms with Gasteiger partial charge in [0.15, 0.2) is 0 Å². The number of rotatable bonds is 3. The van der Waals surface area contributed by atoms with E-state index in [0.29, 0.717) is 11.5 Å². The first kappa shape index (κ1) is 12.8.